The van der Waals surface area contributed by atoms with Crippen molar-refractivity contribution in [3.63, 3.8) is 0 Å². The van der Waals surface area contributed by atoms with E-state index in [2.05, 4.69) is 23.8 Å². The second-order valence-corrected chi connectivity index (χ2v) is 11.8. The number of rotatable bonds is 21. The third kappa shape index (κ3) is 10.7. The second-order valence-electron chi connectivity index (χ2n) is 11.8. The van der Waals surface area contributed by atoms with Crippen LogP contribution in [0.1, 0.15) is 121 Å². The standard InChI is InChI=1S/C34H49F5N2O2/c1-3-5-7-8-9-12-16-27(35)24-43-28-22-40-33(41-23-28)29-21-25-17-18-26(34(38,39)30(25)32(37)31(29)36)15-11-10-14-20-42-19-13-6-4-2/h21-23,26-27H,3-20,24H2,1-2H3. The lowest BCUT2D eigenvalue weighted by Gasteiger charge is -2.34. The fourth-order valence-electron chi connectivity index (χ4n) is 5.71. The van der Waals surface area contributed by atoms with Gasteiger partial charge in [-0.05, 0) is 50.2 Å². The van der Waals surface area contributed by atoms with Gasteiger partial charge in [0, 0.05) is 19.1 Å². The van der Waals surface area contributed by atoms with Crippen molar-refractivity contribution in [1.29, 1.82) is 0 Å². The third-order valence-corrected chi connectivity index (χ3v) is 8.30. The summed E-state index contributed by atoms with van der Waals surface area (Å²) in [7, 11) is 0. The Labute approximate surface area is 254 Å². The predicted molar refractivity (Wildman–Crippen MR) is 160 cm³/mol. The SMILES string of the molecule is CCCCCCCCC(F)COc1cnc(-c2cc3c(c(F)c2F)C(F)(F)C(CCCCCOCCCCC)CC3)nc1. The molecule has 0 saturated heterocycles. The maximum atomic E-state index is 15.4. The number of nitrogens with zero attached hydrogens (tertiary/aromatic N) is 2. The first-order valence-corrected chi connectivity index (χ1v) is 16.4. The van der Waals surface area contributed by atoms with Gasteiger partial charge in [-0.3, -0.25) is 0 Å². The van der Waals surface area contributed by atoms with Gasteiger partial charge in [0.25, 0.3) is 5.92 Å². The molecule has 0 N–H and O–H groups in total. The molecule has 1 aliphatic carbocycles. The van der Waals surface area contributed by atoms with Gasteiger partial charge in [0.1, 0.15) is 12.8 Å². The second kappa shape index (κ2) is 18.5. The monoisotopic (exact) mass is 612 g/mol. The summed E-state index contributed by atoms with van der Waals surface area (Å²) < 4.78 is 86.4. The molecule has 0 radical (unpaired) electrons. The summed E-state index contributed by atoms with van der Waals surface area (Å²) in [5, 5.41) is 0. The molecule has 0 spiro atoms. The zero-order valence-electron chi connectivity index (χ0n) is 25.9. The highest BCUT2D eigenvalue weighted by Gasteiger charge is 2.48. The van der Waals surface area contributed by atoms with Gasteiger partial charge in [0.2, 0.25) is 0 Å². The summed E-state index contributed by atoms with van der Waals surface area (Å²) in [5.41, 5.74) is -1.04. The number of aromatic nitrogens is 2. The topological polar surface area (TPSA) is 44.2 Å². The molecule has 0 aliphatic heterocycles. The maximum absolute atomic E-state index is 15.4. The van der Waals surface area contributed by atoms with Crippen molar-refractivity contribution >= 4 is 0 Å². The van der Waals surface area contributed by atoms with Crippen LogP contribution in [-0.4, -0.2) is 36.0 Å². The highest BCUT2D eigenvalue weighted by atomic mass is 19.3. The van der Waals surface area contributed by atoms with Crippen molar-refractivity contribution in [3.8, 4) is 17.1 Å². The van der Waals surface area contributed by atoms with E-state index in [0.717, 1.165) is 58.0 Å². The van der Waals surface area contributed by atoms with Gasteiger partial charge >= 0.3 is 0 Å². The van der Waals surface area contributed by atoms with Gasteiger partial charge in [0.05, 0.1) is 23.5 Å². The molecule has 242 valence electrons. The average Bonchev–Trinajstić information content (AvgIpc) is 2.99. The van der Waals surface area contributed by atoms with Crippen LogP contribution in [0, 0.1) is 17.6 Å². The van der Waals surface area contributed by atoms with Crippen molar-refractivity contribution in [1.82, 2.24) is 9.97 Å². The highest BCUT2D eigenvalue weighted by Crippen LogP contribution is 2.49. The minimum absolute atomic E-state index is 0.0783. The van der Waals surface area contributed by atoms with Crippen molar-refractivity contribution in [2.75, 3.05) is 19.8 Å². The van der Waals surface area contributed by atoms with Crippen LogP contribution < -0.4 is 4.74 Å². The first kappa shape index (κ1) is 35.2. The van der Waals surface area contributed by atoms with E-state index in [1.165, 1.54) is 37.7 Å². The van der Waals surface area contributed by atoms with Gasteiger partial charge in [0.15, 0.2) is 23.2 Å². The van der Waals surface area contributed by atoms with Crippen molar-refractivity contribution in [3.05, 3.63) is 41.2 Å². The Morgan fingerprint density at radius 1 is 0.860 bits per heavy atom. The number of alkyl halides is 3. The summed E-state index contributed by atoms with van der Waals surface area (Å²) in [6, 6.07) is 1.24. The minimum atomic E-state index is -3.47. The van der Waals surface area contributed by atoms with Crippen LogP contribution in [0.5, 0.6) is 5.75 Å². The Morgan fingerprint density at radius 3 is 2.21 bits per heavy atom. The number of hydrogen-bond donors (Lipinski definition) is 0. The van der Waals surface area contributed by atoms with Crippen LogP contribution in [0.3, 0.4) is 0 Å². The molecule has 0 saturated carbocycles. The van der Waals surface area contributed by atoms with Gasteiger partial charge in [-0.25, -0.2) is 31.9 Å². The Balaban J connectivity index is 1.53. The van der Waals surface area contributed by atoms with Crippen LogP contribution in [0.4, 0.5) is 22.0 Å². The molecule has 2 unspecified atom stereocenters. The number of hydrogen-bond acceptors (Lipinski definition) is 4. The van der Waals surface area contributed by atoms with E-state index in [9.17, 15) is 4.39 Å². The van der Waals surface area contributed by atoms with Crippen LogP contribution >= 0.6 is 0 Å². The molecule has 9 heteroatoms. The summed E-state index contributed by atoms with van der Waals surface area (Å²) in [4.78, 5) is 8.11. The minimum Gasteiger partial charge on any atom is -0.487 e. The van der Waals surface area contributed by atoms with E-state index < -0.39 is 35.2 Å². The molecular weight excluding hydrogens is 563 g/mol. The van der Waals surface area contributed by atoms with Crippen LogP contribution in [0.25, 0.3) is 11.4 Å². The lowest BCUT2D eigenvalue weighted by atomic mass is 9.77. The molecule has 43 heavy (non-hydrogen) atoms. The van der Waals surface area contributed by atoms with Gasteiger partial charge in [-0.2, -0.15) is 0 Å². The van der Waals surface area contributed by atoms with Crippen molar-refractivity contribution in [2.45, 2.75) is 129 Å². The summed E-state index contributed by atoms with van der Waals surface area (Å²) in [6.07, 6.45) is 14.3. The number of fused-ring (bicyclic) bond motifs is 1. The largest absolute Gasteiger partial charge is 0.487 e. The van der Waals surface area contributed by atoms with E-state index in [0.29, 0.717) is 19.4 Å². The average molecular weight is 613 g/mol. The van der Waals surface area contributed by atoms with Crippen LogP contribution in [0.2, 0.25) is 0 Å². The van der Waals surface area contributed by atoms with Crippen LogP contribution in [0.15, 0.2) is 18.5 Å². The molecular formula is C34H49F5N2O2. The van der Waals surface area contributed by atoms with Gasteiger partial charge < -0.3 is 9.47 Å². The normalized spacial score (nSPS) is 16.7. The highest BCUT2D eigenvalue weighted by molar-refractivity contribution is 5.60. The summed E-state index contributed by atoms with van der Waals surface area (Å²) >= 11 is 0. The fourth-order valence-corrected chi connectivity index (χ4v) is 5.71. The maximum Gasteiger partial charge on any atom is 0.279 e. The molecule has 1 heterocycles. The Hall–Kier alpha value is -2.29. The molecule has 1 aromatic heterocycles. The number of halogens is 5. The lowest BCUT2D eigenvalue weighted by Crippen LogP contribution is -2.33. The third-order valence-electron chi connectivity index (χ3n) is 8.30. The number of aryl methyl sites for hydroxylation is 1. The summed E-state index contributed by atoms with van der Waals surface area (Å²) in [6.45, 7) is 5.47. The number of unbranched alkanes of at least 4 members (excludes halogenated alkanes) is 9. The molecule has 2 aromatic rings. The molecule has 0 bridgehead atoms. The molecule has 2 atom stereocenters. The van der Waals surface area contributed by atoms with E-state index in [1.807, 2.05) is 0 Å². The van der Waals surface area contributed by atoms with E-state index in [1.54, 1.807) is 0 Å². The quantitative estimate of drug-likeness (QED) is 0.104. The zero-order valence-corrected chi connectivity index (χ0v) is 25.9. The lowest BCUT2D eigenvalue weighted by molar-refractivity contribution is -0.0823. The van der Waals surface area contributed by atoms with Crippen molar-refractivity contribution < 1.29 is 31.4 Å². The van der Waals surface area contributed by atoms with E-state index >= 15 is 17.6 Å². The van der Waals surface area contributed by atoms with Gasteiger partial charge in [-0.15, -0.1) is 0 Å². The molecule has 0 amide bonds. The number of ether oxygens (including phenoxy) is 2. The molecule has 1 aliphatic rings. The Bertz CT molecular complexity index is 1080. The fraction of sp³-hybridized carbons (Fsp3) is 0.706. The Kier molecular flexibility index (Phi) is 15.1. The first-order valence-electron chi connectivity index (χ1n) is 16.4. The first-order chi connectivity index (χ1) is 20.8. The molecule has 1 aromatic carbocycles. The number of benzene rings is 1. The molecule has 0 fully saturated rings. The summed E-state index contributed by atoms with van der Waals surface area (Å²) in [5.74, 6) is -7.39. The van der Waals surface area contributed by atoms with E-state index in [4.69, 9.17) is 9.47 Å². The van der Waals surface area contributed by atoms with Crippen molar-refractivity contribution in [2.24, 2.45) is 5.92 Å². The zero-order chi connectivity index (χ0) is 31.1. The molecule has 4 nitrogen and oxygen atoms in total. The van der Waals surface area contributed by atoms with Crippen LogP contribution in [-0.2, 0) is 17.1 Å². The van der Waals surface area contributed by atoms with E-state index in [-0.39, 0.29) is 48.6 Å². The predicted octanol–water partition coefficient (Wildman–Crippen LogP) is 10.3. The Morgan fingerprint density at radius 2 is 1.49 bits per heavy atom. The van der Waals surface area contributed by atoms with Gasteiger partial charge in [-0.1, -0.05) is 78.1 Å². The molecule has 3 rings (SSSR count). The smallest absolute Gasteiger partial charge is 0.279 e.